The van der Waals surface area contributed by atoms with Crippen molar-refractivity contribution in [3.8, 4) is 0 Å². The third-order valence-corrected chi connectivity index (χ3v) is 5.21. The van der Waals surface area contributed by atoms with Crippen LogP contribution in [0.15, 0.2) is 0 Å². The van der Waals surface area contributed by atoms with E-state index in [-0.39, 0.29) is 11.6 Å². The summed E-state index contributed by atoms with van der Waals surface area (Å²) < 4.78 is 0. The molecule has 1 heterocycles. The van der Waals surface area contributed by atoms with Crippen LogP contribution in [0.3, 0.4) is 0 Å². The Labute approximate surface area is 124 Å². The maximum absolute atomic E-state index is 12.6. The smallest absolute Gasteiger partial charge is 0.320 e. The molecule has 0 aromatic rings. The van der Waals surface area contributed by atoms with Gasteiger partial charge in [-0.25, -0.2) is 4.79 Å². The van der Waals surface area contributed by atoms with E-state index in [1.165, 1.54) is 25.7 Å². The zero-order valence-electron chi connectivity index (χ0n) is 14.2. The molecule has 0 aromatic heterocycles. The van der Waals surface area contributed by atoms with Crippen LogP contribution in [0.5, 0.6) is 0 Å². The van der Waals surface area contributed by atoms with E-state index in [1.807, 2.05) is 4.90 Å². The molecule has 0 aromatic carbocycles. The van der Waals surface area contributed by atoms with Crippen LogP contribution in [0, 0.1) is 11.3 Å². The summed E-state index contributed by atoms with van der Waals surface area (Å²) in [4.78, 5) is 16.8. The highest BCUT2D eigenvalue weighted by molar-refractivity contribution is 5.77. The van der Waals surface area contributed by atoms with Crippen LogP contribution < -0.4 is 0 Å². The number of hydrogen-bond donors (Lipinski definition) is 0. The van der Waals surface area contributed by atoms with E-state index in [4.69, 9.17) is 0 Å². The lowest BCUT2D eigenvalue weighted by atomic mass is 9.71. The van der Waals surface area contributed by atoms with Crippen LogP contribution in [-0.4, -0.2) is 40.5 Å². The first-order valence-corrected chi connectivity index (χ1v) is 8.19. The van der Waals surface area contributed by atoms with E-state index >= 15 is 0 Å². The zero-order chi connectivity index (χ0) is 15.1. The molecular formula is C17H32N2O. The molecule has 1 aliphatic heterocycles. The van der Waals surface area contributed by atoms with Gasteiger partial charge in [0.1, 0.15) is 0 Å². The Bertz CT molecular complexity index is 356. The first kappa shape index (κ1) is 15.7. The molecule has 116 valence electrons. The third kappa shape index (κ3) is 3.12. The van der Waals surface area contributed by atoms with Crippen molar-refractivity contribution >= 4 is 6.03 Å². The van der Waals surface area contributed by atoms with Crippen molar-refractivity contribution in [1.82, 2.24) is 9.80 Å². The largest absolute Gasteiger partial charge is 0.320 e. The fraction of sp³-hybridized carbons (Fsp3) is 0.941. The second-order valence-corrected chi connectivity index (χ2v) is 8.67. The van der Waals surface area contributed by atoms with Crippen LogP contribution >= 0.6 is 0 Å². The Morgan fingerprint density at radius 2 is 1.45 bits per heavy atom. The van der Waals surface area contributed by atoms with Gasteiger partial charge in [0.05, 0.1) is 0 Å². The van der Waals surface area contributed by atoms with E-state index < -0.39 is 0 Å². The first-order valence-electron chi connectivity index (χ1n) is 8.19. The molecule has 3 heteroatoms. The second kappa shape index (κ2) is 5.23. The summed E-state index contributed by atoms with van der Waals surface area (Å²) in [5.41, 5.74) is 0.367. The Balaban J connectivity index is 1.94. The summed E-state index contributed by atoms with van der Waals surface area (Å²) in [6.07, 6.45) is 4.91. The highest BCUT2D eigenvalue weighted by Gasteiger charge is 2.40. The molecule has 1 aliphatic carbocycles. The number of carbonyl (C=O) groups excluding carboxylic acids is 1. The van der Waals surface area contributed by atoms with Crippen LogP contribution in [0.2, 0.25) is 0 Å². The number of rotatable bonds is 1. The standard InChI is InChI=1S/C17H32N2O/c1-16(2,3)13-7-9-14(10-8-13)18-11-12-19(15(18)20)17(4,5)6/h13-14H,7-12H2,1-6H3. The highest BCUT2D eigenvalue weighted by Crippen LogP contribution is 2.39. The quantitative estimate of drug-likeness (QED) is 0.708. The molecule has 1 saturated carbocycles. The molecule has 2 fully saturated rings. The average molecular weight is 280 g/mol. The predicted octanol–water partition coefficient (Wildman–Crippen LogP) is 4.13. The van der Waals surface area contributed by atoms with Gasteiger partial charge in [0, 0.05) is 24.7 Å². The summed E-state index contributed by atoms with van der Waals surface area (Å²) in [5, 5.41) is 0. The predicted molar refractivity (Wildman–Crippen MR) is 83.8 cm³/mol. The van der Waals surface area contributed by atoms with Crippen LogP contribution in [-0.2, 0) is 0 Å². The van der Waals surface area contributed by atoms with Crippen molar-refractivity contribution in [1.29, 1.82) is 0 Å². The summed E-state index contributed by atoms with van der Waals surface area (Å²) in [6.45, 7) is 15.2. The molecule has 0 unspecified atom stereocenters. The second-order valence-electron chi connectivity index (χ2n) is 8.67. The molecule has 1 saturated heterocycles. The Morgan fingerprint density at radius 1 is 0.900 bits per heavy atom. The van der Waals surface area contributed by atoms with Crippen LogP contribution in [0.4, 0.5) is 4.79 Å². The summed E-state index contributed by atoms with van der Waals surface area (Å²) in [6, 6.07) is 0.741. The van der Waals surface area contributed by atoms with Gasteiger partial charge in [0.25, 0.3) is 0 Å². The minimum atomic E-state index is -0.0472. The van der Waals surface area contributed by atoms with Gasteiger partial charge in [-0.15, -0.1) is 0 Å². The molecule has 2 aliphatic rings. The molecule has 20 heavy (non-hydrogen) atoms. The normalized spacial score (nSPS) is 29.2. The van der Waals surface area contributed by atoms with Crippen molar-refractivity contribution in [3.05, 3.63) is 0 Å². The van der Waals surface area contributed by atoms with Crippen molar-refractivity contribution in [2.45, 2.75) is 78.8 Å². The minimum Gasteiger partial charge on any atom is -0.320 e. The lowest BCUT2D eigenvalue weighted by molar-refractivity contribution is 0.109. The van der Waals surface area contributed by atoms with Crippen molar-refractivity contribution in [3.63, 3.8) is 0 Å². The van der Waals surface area contributed by atoms with Gasteiger partial charge < -0.3 is 9.80 Å². The van der Waals surface area contributed by atoms with Crippen molar-refractivity contribution in [2.24, 2.45) is 11.3 Å². The van der Waals surface area contributed by atoms with Gasteiger partial charge in [0.2, 0.25) is 0 Å². The van der Waals surface area contributed by atoms with Gasteiger partial charge in [-0.2, -0.15) is 0 Å². The van der Waals surface area contributed by atoms with Crippen LogP contribution in [0.1, 0.15) is 67.2 Å². The summed E-state index contributed by atoms with van der Waals surface area (Å²) in [7, 11) is 0. The summed E-state index contributed by atoms with van der Waals surface area (Å²) in [5.74, 6) is 0.815. The monoisotopic (exact) mass is 280 g/mol. The lowest BCUT2D eigenvalue weighted by Gasteiger charge is -2.40. The Kier molecular flexibility index (Phi) is 4.10. The number of urea groups is 1. The average Bonchev–Trinajstić information content (AvgIpc) is 2.70. The molecule has 2 amide bonds. The molecule has 2 rings (SSSR count). The maximum Gasteiger partial charge on any atom is 0.320 e. The van der Waals surface area contributed by atoms with Crippen LogP contribution in [0.25, 0.3) is 0 Å². The van der Waals surface area contributed by atoms with E-state index in [2.05, 4.69) is 46.4 Å². The Morgan fingerprint density at radius 3 is 1.85 bits per heavy atom. The third-order valence-electron chi connectivity index (χ3n) is 5.21. The topological polar surface area (TPSA) is 23.6 Å². The fourth-order valence-corrected chi connectivity index (χ4v) is 3.77. The van der Waals surface area contributed by atoms with Gasteiger partial charge in [0.15, 0.2) is 0 Å². The number of nitrogens with zero attached hydrogens (tertiary/aromatic N) is 2. The van der Waals surface area contributed by atoms with Crippen molar-refractivity contribution in [2.75, 3.05) is 13.1 Å². The number of carbonyl (C=O) groups is 1. The molecular weight excluding hydrogens is 248 g/mol. The molecule has 0 N–H and O–H groups in total. The zero-order valence-corrected chi connectivity index (χ0v) is 14.2. The Hall–Kier alpha value is -0.730. The fourth-order valence-electron chi connectivity index (χ4n) is 3.77. The van der Waals surface area contributed by atoms with Gasteiger partial charge in [-0.05, 0) is 57.8 Å². The van der Waals surface area contributed by atoms with E-state index in [1.54, 1.807) is 0 Å². The number of amides is 2. The lowest BCUT2D eigenvalue weighted by Crippen LogP contribution is -2.47. The number of hydrogen-bond acceptors (Lipinski definition) is 1. The highest BCUT2D eigenvalue weighted by atomic mass is 16.2. The van der Waals surface area contributed by atoms with Gasteiger partial charge in [-0.3, -0.25) is 0 Å². The molecule has 0 bridgehead atoms. The SMILES string of the molecule is CC(C)(C)C1CCC(N2CCN(C(C)(C)C)C2=O)CC1. The van der Waals surface area contributed by atoms with E-state index in [0.717, 1.165) is 19.0 Å². The van der Waals surface area contributed by atoms with E-state index in [9.17, 15) is 4.79 Å². The minimum absolute atomic E-state index is 0.0472. The molecule has 0 spiro atoms. The molecule has 0 radical (unpaired) electrons. The van der Waals surface area contributed by atoms with Crippen molar-refractivity contribution < 1.29 is 4.79 Å². The first-order chi connectivity index (χ1) is 9.10. The maximum atomic E-state index is 12.6. The van der Waals surface area contributed by atoms with Gasteiger partial charge in [-0.1, -0.05) is 20.8 Å². The molecule has 0 atom stereocenters. The van der Waals surface area contributed by atoms with Gasteiger partial charge >= 0.3 is 6.03 Å². The van der Waals surface area contributed by atoms with E-state index in [0.29, 0.717) is 11.5 Å². The summed E-state index contributed by atoms with van der Waals surface area (Å²) >= 11 is 0. The molecule has 3 nitrogen and oxygen atoms in total.